The van der Waals surface area contributed by atoms with Gasteiger partial charge in [-0.1, -0.05) is 12.1 Å². The summed E-state index contributed by atoms with van der Waals surface area (Å²) in [7, 11) is 1.50. The summed E-state index contributed by atoms with van der Waals surface area (Å²) in [6.07, 6.45) is 1.73. The number of anilines is 2. The SMILES string of the molecule is COc1ccc(NC(=O)CC[C@H]2NC(=O)c3ccccc3NC2=O)cn1. The summed E-state index contributed by atoms with van der Waals surface area (Å²) >= 11 is 0. The minimum absolute atomic E-state index is 0.0702. The second-order valence-corrected chi connectivity index (χ2v) is 5.74. The molecule has 1 aliphatic rings. The quantitative estimate of drug-likeness (QED) is 0.755. The van der Waals surface area contributed by atoms with Gasteiger partial charge < -0.3 is 20.7 Å². The van der Waals surface area contributed by atoms with Crippen LogP contribution >= 0.6 is 0 Å². The van der Waals surface area contributed by atoms with Crippen LogP contribution in [-0.2, 0) is 9.59 Å². The largest absolute Gasteiger partial charge is 0.481 e. The second-order valence-electron chi connectivity index (χ2n) is 5.74. The van der Waals surface area contributed by atoms with E-state index in [1.54, 1.807) is 36.4 Å². The van der Waals surface area contributed by atoms with E-state index in [9.17, 15) is 14.4 Å². The molecule has 0 spiro atoms. The molecule has 0 saturated heterocycles. The zero-order valence-corrected chi connectivity index (χ0v) is 14.1. The van der Waals surface area contributed by atoms with Crippen molar-refractivity contribution >= 4 is 29.1 Å². The molecule has 0 saturated carbocycles. The number of hydrogen-bond donors (Lipinski definition) is 3. The molecule has 2 heterocycles. The van der Waals surface area contributed by atoms with Crippen molar-refractivity contribution in [3.63, 3.8) is 0 Å². The molecule has 0 unspecified atom stereocenters. The minimum atomic E-state index is -0.783. The molecule has 3 N–H and O–H groups in total. The van der Waals surface area contributed by atoms with Crippen molar-refractivity contribution in [3.05, 3.63) is 48.2 Å². The fourth-order valence-corrected chi connectivity index (χ4v) is 2.59. The highest BCUT2D eigenvalue weighted by atomic mass is 16.5. The van der Waals surface area contributed by atoms with E-state index in [4.69, 9.17) is 4.74 Å². The first-order chi connectivity index (χ1) is 12.6. The van der Waals surface area contributed by atoms with Gasteiger partial charge in [-0.3, -0.25) is 14.4 Å². The minimum Gasteiger partial charge on any atom is -0.481 e. The molecule has 8 heteroatoms. The second kappa shape index (κ2) is 7.64. The molecule has 26 heavy (non-hydrogen) atoms. The fourth-order valence-electron chi connectivity index (χ4n) is 2.59. The van der Waals surface area contributed by atoms with Crippen LogP contribution in [0.1, 0.15) is 23.2 Å². The van der Waals surface area contributed by atoms with Crippen LogP contribution in [-0.4, -0.2) is 35.9 Å². The molecule has 1 aliphatic heterocycles. The Bertz CT molecular complexity index is 835. The number of carbonyl (C=O) groups is 3. The maximum Gasteiger partial charge on any atom is 0.254 e. The van der Waals surface area contributed by atoms with E-state index in [-0.39, 0.29) is 30.6 Å². The van der Waals surface area contributed by atoms with Gasteiger partial charge in [0.15, 0.2) is 0 Å². The van der Waals surface area contributed by atoms with Crippen molar-refractivity contribution in [2.24, 2.45) is 0 Å². The summed E-state index contributed by atoms with van der Waals surface area (Å²) in [5.74, 6) is -0.521. The molecule has 0 aliphatic carbocycles. The number of fused-ring (bicyclic) bond motifs is 1. The summed E-state index contributed by atoms with van der Waals surface area (Å²) in [6, 6.07) is 9.28. The lowest BCUT2D eigenvalue weighted by Crippen LogP contribution is -2.41. The van der Waals surface area contributed by atoms with Crippen LogP contribution < -0.4 is 20.7 Å². The monoisotopic (exact) mass is 354 g/mol. The molecule has 3 rings (SSSR count). The van der Waals surface area contributed by atoms with Gasteiger partial charge in [0.2, 0.25) is 17.7 Å². The zero-order valence-electron chi connectivity index (χ0n) is 14.1. The first kappa shape index (κ1) is 17.4. The van der Waals surface area contributed by atoms with Crippen LogP contribution in [0.4, 0.5) is 11.4 Å². The number of carbonyl (C=O) groups excluding carboxylic acids is 3. The molecule has 8 nitrogen and oxygen atoms in total. The number of nitrogens with zero attached hydrogens (tertiary/aromatic N) is 1. The third-order valence-corrected chi connectivity index (χ3v) is 3.94. The Hall–Kier alpha value is -3.42. The lowest BCUT2D eigenvalue weighted by Gasteiger charge is -2.14. The van der Waals surface area contributed by atoms with E-state index in [1.165, 1.54) is 13.3 Å². The van der Waals surface area contributed by atoms with Crippen molar-refractivity contribution in [3.8, 4) is 5.88 Å². The molecule has 2 aromatic rings. The first-order valence-electron chi connectivity index (χ1n) is 8.07. The number of ether oxygens (including phenoxy) is 1. The van der Waals surface area contributed by atoms with Crippen LogP contribution in [0.5, 0.6) is 5.88 Å². The molecule has 3 amide bonds. The van der Waals surface area contributed by atoms with Crippen molar-refractivity contribution in [2.45, 2.75) is 18.9 Å². The average Bonchev–Trinajstić information content (AvgIpc) is 2.77. The number of amides is 3. The third-order valence-electron chi connectivity index (χ3n) is 3.94. The van der Waals surface area contributed by atoms with Gasteiger partial charge in [-0.15, -0.1) is 0 Å². The highest BCUT2D eigenvalue weighted by Crippen LogP contribution is 2.19. The number of hydrogen-bond acceptors (Lipinski definition) is 5. The Morgan fingerprint density at radius 1 is 1.23 bits per heavy atom. The molecular weight excluding hydrogens is 336 g/mol. The average molecular weight is 354 g/mol. The van der Waals surface area contributed by atoms with Crippen LogP contribution in [0, 0.1) is 0 Å². The summed E-state index contributed by atoms with van der Waals surface area (Å²) in [4.78, 5) is 40.6. The maximum absolute atomic E-state index is 12.3. The van der Waals surface area contributed by atoms with Crippen LogP contribution in [0.15, 0.2) is 42.6 Å². The predicted octanol–water partition coefficient (Wildman–Crippen LogP) is 1.56. The molecular formula is C18H18N4O4. The van der Waals surface area contributed by atoms with E-state index in [0.717, 1.165) is 0 Å². The Kier molecular flexibility index (Phi) is 5.12. The first-order valence-corrected chi connectivity index (χ1v) is 8.07. The Balaban J connectivity index is 1.58. The normalized spacial score (nSPS) is 16.0. The smallest absolute Gasteiger partial charge is 0.254 e. The topological polar surface area (TPSA) is 109 Å². The molecule has 1 atom stereocenters. The highest BCUT2D eigenvalue weighted by Gasteiger charge is 2.27. The van der Waals surface area contributed by atoms with Gasteiger partial charge in [-0.2, -0.15) is 0 Å². The van der Waals surface area contributed by atoms with Gasteiger partial charge in [0.05, 0.1) is 30.2 Å². The molecule has 0 radical (unpaired) electrons. The Morgan fingerprint density at radius 3 is 2.77 bits per heavy atom. The number of nitrogens with one attached hydrogen (secondary N) is 3. The van der Waals surface area contributed by atoms with Crippen LogP contribution in [0.3, 0.4) is 0 Å². The van der Waals surface area contributed by atoms with Gasteiger partial charge in [0.25, 0.3) is 5.91 Å². The van der Waals surface area contributed by atoms with Crippen molar-refractivity contribution in [2.75, 3.05) is 17.7 Å². The fraction of sp³-hybridized carbons (Fsp3) is 0.222. The van der Waals surface area contributed by atoms with E-state index >= 15 is 0 Å². The summed E-state index contributed by atoms with van der Waals surface area (Å²) in [6.45, 7) is 0. The van der Waals surface area contributed by atoms with Gasteiger partial charge in [0.1, 0.15) is 6.04 Å². The summed E-state index contributed by atoms with van der Waals surface area (Å²) in [5, 5.41) is 8.06. The molecule has 134 valence electrons. The standard InChI is InChI=1S/C18H18N4O4/c1-26-16-9-6-11(10-19-16)20-15(23)8-7-14-18(25)21-13-5-3-2-4-12(13)17(24)22-14/h2-6,9-10,14H,7-8H2,1H3,(H,20,23)(H,21,25)(H,22,24)/t14-/m1/s1. The predicted molar refractivity (Wildman–Crippen MR) is 95.0 cm³/mol. The van der Waals surface area contributed by atoms with E-state index in [0.29, 0.717) is 22.8 Å². The number of rotatable bonds is 5. The Labute approximate surface area is 150 Å². The number of para-hydroxylation sites is 1. The summed E-state index contributed by atoms with van der Waals surface area (Å²) in [5.41, 5.74) is 1.39. The molecule has 1 aromatic carbocycles. The number of benzene rings is 1. The van der Waals surface area contributed by atoms with Crippen LogP contribution in [0.2, 0.25) is 0 Å². The number of pyridine rings is 1. The zero-order chi connectivity index (χ0) is 18.5. The maximum atomic E-state index is 12.3. The third kappa shape index (κ3) is 3.97. The van der Waals surface area contributed by atoms with Gasteiger partial charge in [0, 0.05) is 12.5 Å². The van der Waals surface area contributed by atoms with Crippen LogP contribution in [0.25, 0.3) is 0 Å². The van der Waals surface area contributed by atoms with Crippen molar-refractivity contribution in [1.29, 1.82) is 0 Å². The summed E-state index contributed by atoms with van der Waals surface area (Å²) < 4.78 is 4.95. The number of aromatic nitrogens is 1. The van der Waals surface area contributed by atoms with Gasteiger partial charge in [-0.05, 0) is 24.6 Å². The molecule has 0 fully saturated rings. The van der Waals surface area contributed by atoms with Crippen molar-refractivity contribution < 1.29 is 19.1 Å². The lowest BCUT2D eigenvalue weighted by atomic mass is 10.1. The van der Waals surface area contributed by atoms with Gasteiger partial charge in [-0.25, -0.2) is 4.98 Å². The van der Waals surface area contributed by atoms with Crippen molar-refractivity contribution in [1.82, 2.24) is 10.3 Å². The lowest BCUT2D eigenvalue weighted by molar-refractivity contribution is -0.118. The molecule has 1 aromatic heterocycles. The Morgan fingerprint density at radius 2 is 2.04 bits per heavy atom. The van der Waals surface area contributed by atoms with Gasteiger partial charge >= 0.3 is 0 Å². The van der Waals surface area contributed by atoms with E-state index in [2.05, 4.69) is 20.9 Å². The number of methoxy groups -OCH3 is 1. The molecule has 0 bridgehead atoms. The van der Waals surface area contributed by atoms with E-state index in [1.807, 2.05) is 0 Å². The highest BCUT2D eigenvalue weighted by molar-refractivity contribution is 6.09. The van der Waals surface area contributed by atoms with E-state index < -0.39 is 6.04 Å².